The molecule has 120 valence electrons. The summed E-state index contributed by atoms with van der Waals surface area (Å²) in [6.07, 6.45) is 1.55. The van der Waals surface area contributed by atoms with Crippen molar-refractivity contribution in [3.63, 3.8) is 0 Å². The van der Waals surface area contributed by atoms with Crippen LogP contribution >= 0.6 is 11.6 Å². The highest BCUT2D eigenvalue weighted by Crippen LogP contribution is 2.13. The maximum Gasteiger partial charge on any atom is 0.271 e. The number of hydrazone groups is 1. The van der Waals surface area contributed by atoms with E-state index < -0.39 is 0 Å². The Bertz CT molecular complexity index is 682. The van der Waals surface area contributed by atoms with Gasteiger partial charge in [0.1, 0.15) is 5.75 Å². The van der Waals surface area contributed by atoms with E-state index in [1.807, 2.05) is 12.1 Å². The summed E-state index contributed by atoms with van der Waals surface area (Å²) >= 11 is 5.88. The van der Waals surface area contributed by atoms with Crippen LogP contribution in [0.4, 0.5) is 0 Å². The molecule has 0 aromatic heterocycles. The number of benzene rings is 2. The molecule has 0 saturated carbocycles. The molecule has 23 heavy (non-hydrogen) atoms. The number of amides is 1. The Hall–Kier alpha value is -2.33. The highest BCUT2D eigenvalue weighted by Gasteiger charge is 2.04. The molecule has 2 aromatic rings. The molecule has 1 amide bonds. The predicted octanol–water partition coefficient (Wildman–Crippen LogP) is 4.14. The Morgan fingerprint density at radius 3 is 2.65 bits per heavy atom. The quantitative estimate of drug-likeness (QED) is 0.639. The van der Waals surface area contributed by atoms with Crippen molar-refractivity contribution >= 4 is 23.7 Å². The molecule has 0 unspecified atom stereocenters. The van der Waals surface area contributed by atoms with E-state index in [1.165, 1.54) is 0 Å². The van der Waals surface area contributed by atoms with E-state index in [9.17, 15) is 4.79 Å². The van der Waals surface area contributed by atoms with Crippen molar-refractivity contribution in [3.05, 3.63) is 64.7 Å². The van der Waals surface area contributed by atoms with Gasteiger partial charge in [0, 0.05) is 10.6 Å². The van der Waals surface area contributed by atoms with Crippen LogP contribution in [0.3, 0.4) is 0 Å². The van der Waals surface area contributed by atoms with Gasteiger partial charge in [-0.15, -0.1) is 0 Å². The first-order chi connectivity index (χ1) is 11.0. The van der Waals surface area contributed by atoms with Gasteiger partial charge in [-0.05, 0) is 47.9 Å². The van der Waals surface area contributed by atoms with E-state index in [4.69, 9.17) is 16.3 Å². The topological polar surface area (TPSA) is 50.7 Å². The van der Waals surface area contributed by atoms with Gasteiger partial charge in [0.25, 0.3) is 5.91 Å². The zero-order chi connectivity index (χ0) is 16.7. The molecule has 5 heteroatoms. The smallest absolute Gasteiger partial charge is 0.271 e. The number of carbonyl (C=O) groups excluding carboxylic acids is 1. The summed E-state index contributed by atoms with van der Waals surface area (Å²) in [5.74, 6) is 0.926. The van der Waals surface area contributed by atoms with Crippen LogP contribution in [0.15, 0.2) is 53.6 Å². The largest absolute Gasteiger partial charge is 0.493 e. The lowest BCUT2D eigenvalue weighted by Gasteiger charge is -2.08. The van der Waals surface area contributed by atoms with Gasteiger partial charge in [-0.3, -0.25) is 4.79 Å². The molecule has 0 radical (unpaired) electrons. The lowest BCUT2D eigenvalue weighted by Crippen LogP contribution is -2.17. The molecule has 0 atom stereocenters. The molecule has 0 heterocycles. The minimum absolute atomic E-state index is 0.279. The van der Waals surface area contributed by atoms with Gasteiger partial charge in [-0.1, -0.05) is 37.6 Å². The SMILES string of the molecule is CC(C)COc1ccc(C(=O)NN=Cc2cccc(Cl)c2)cc1. The summed E-state index contributed by atoms with van der Waals surface area (Å²) in [6, 6.07) is 14.2. The Morgan fingerprint density at radius 2 is 2.00 bits per heavy atom. The number of nitrogens with one attached hydrogen (secondary N) is 1. The van der Waals surface area contributed by atoms with Gasteiger partial charge in [0.15, 0.2) is 0 Å². The number of hydrogen-bond acceptors (Lipinski definition) is 3. The van der Waals surface area contributed by atoms with Crippen LogP contribution in [0.1, 0.15) is 29.8 Å². The summed E-state index contributed by atoms with van der Waals surface area (Å²) in [5, 5.41) is 4.55. The zero-order valence-corrected chi connectivity index (χ0v) is 13.9. The third-order valence-electron chi connectivity index (χ3n) is 2.93. The Balaban J connectivity index is 1.90. The highest BCUT2D eigenvalue weighted by atomic mass is 35.5. The van der Waals surface area contributed by atoms with Gasteiger partial charge < -0.3 is 4.74 Å². The minimum atomic E-state index is -0.279. The molecule has 0 aliphatic carbocycles. The van der Waals surface area contributed by atoms with E-state index in [0.29, 0.717) is 23.1 Å². The van der Waals surface area contributed by atoms with Crippen molar-refractivity contribution in [3.8, 4) is 5.75 Å². The molecule has 2 rings (SSSR count). The number of carbonyl (C=O) groups is 1. The van der Waals surface area contributed by atoms with Gasteiger partial charge >= 0.3 is 0 Å². The second-order valence-electron chi connectivity index (χ2n) is 5.48. The normalized spacial score (nSPS) is 11.0. The summed E-state index contributed by atoms with van der Waals surface area (Å²) in [6.45, 7) is 4.81. The van der Waals surface area contributed by atoms with Crippen LogP contribution in [0.5, 0.6) is 5.75 Å². The molecule has 0 bridgehead atoms. The molecule has 0 saturated heterocycles. The molecular weight excluding hydrogens is 312 g/mol. The van der Waals surface area contributed by atoms with Crippen LogP contribution in [-0.2, 0) is 0 Å². The van der Waals surface area contributed by atoms with Crippen molar-refractivity contribution < 1.29 is 9.53 Å². The van der Waals surface area contributed by atoms with E-state index in [1.54, 1.807) is 42.6 Å². The lowest BCUT2D eigenvalue weighted by molar-refractivity contribution is 0.0955. The average Bonchev–Trinajstić information content (AvgIpc) is 2.53. The summed E-state index contributed by atoms with van der Waals surface area (Å²) < 4.78 is 5.58. The van der Waals surface area contributed by atoms with Gasteiger partial charge in [-0.25, -0.2) is 5.43 Å². The third kappa shape index (κ3) is 5.75. The molecule has 0 aliphatic rings. The highest BCUT2D eigenvalue weighted by molar-refractivity contribution is 6.30. The maximum absolute atomic E-state index is 12.0. The lowest BCUT2D eigenvalue weighted by atomic mass is 10.2. The summed E-state index contributed by atoms with van der Waals surface area (Å²) in [5.41, 5.74) is 3.82. The molecule has 4 nitrogen and oxygen atoms in total. The molecular formula is C18H19ClN2O2. The van der Waals surface area contributed by atoms with Crippen molar-refractivity contribution in [2.45, 2.75) is 13.8 Å². The van der Waals surface area contributed by atoms with Gasteiger partial charge in [0.2, 0.25) is 0 Å². The van der Waals surface area contributed by atoms with E-state index in [2.05, 4.69) is 24.4 Å². The standard InChI is InChI=1S/C18H19ClN2O2/c1-13(2)12-23-17-8-6-15(7-9-17)18(22)21-20-11-14-4-3-5-16(19)10-14/h3-11,13H,12H2,1-2H3,(H,21,22). The van der Waals surface area contributed by atoms with Crippen molar-refractivity contribution in [1.29, 1.82) is 0 Å². The monoisotopic (exact) mass is 330 g/mol. The number of hydrogen-bond donors (Lipinski definition) is 1. The molecule has 2 aromatic carbocycles. The Morgan fingerprint density at radius 1 is 1.26 bits per heavy atom. The minimum Gasteiger partial charge on any atom is -0.493 e. The summed E-state index contributed by atoms with van der Waals surface area (Å²) in [4.78, 5) is 12.0. The number of rotatable bonds is 6. The van der Waals surface area contributed by atoms with Crippen LogP contribution in [0.2, 0.25) is 5.02 Å². The fraction of sp³-hybridized carbons (Fsp3) is 0.222. The zero-order valence-electron chi connectivity index (χ0n) is 13.1. The first-order valence-corrected chi connectivity index (χ1v) is 7.74. The van der Waals surface area contributed by atoms with E-state index in [0.717, 1.165) is 11.3 Å². The van der Waals surface area contributed by atoms with Crippen LogP contribution in [0.25, 0.3) is 0 Å². The van der Waals surface area contributed by atoms with E-state index >= 15 is 0 Å². The Labute approximate surface area is 141 Å². The van der Waals surface area contributed by atoms with Crippen molar-refractivity contribution in [2.24, 2.45) is 11.0 Å². The van der Waals surface area contributed by atoms with Crippen LogP contribution < -0.4 is 10.2 Å². The van der Waals surface area contributed by atoms with E-state index in [-0.39, 0.29) is 5.91 Å². The maximum atomic E-state index is 12.0. The summed E-state index contributed by atoms with van der Waals surface area (Å²) in [7, 11) is 0. The molecule has 0 fully saturated rings. The molecule has 0 spiro atoms. The van der Waals surface area contributed by atoms with Crippen LogP contribution in [0, 0.1) is 5.92 Å². The fourth-order valence-electron chi connectivity index (χ4n) is 1.78. The molecule has 0 aliphatic heterocycles. The molecule has 1 N–H and O–H groups in total. The second-order valence-corrected chi connectivity index (χ2v) is 5.92. The second kappa shape index (κ2) is 8.34. The first-order valence-electron chi connectivity index (χ1n) is 7.36. The van der Waals surface area contributed by atoms with Gasteiger partial charge in [0.05, 0.1) is 12.8 Å². The van der Waals surface area contributed by atoms with Crippen LogP contribution in [-0.4, -0.2) is 18.7 Å². The third-order valence-corrected chi connectivity index (χ3v) is 3.16. The van der Waals surface area contributed by atoms with Crippen molar-refractivity contribution in [1.82, 2.24) is 5.43 Å². The Kier molecular flexibility index (Phi) is 6.18. The number of ether oxygens (including phenoxy) is 1. The number of halogens is 1. The van der Waals surface area contributed by atoms with Crippen molar-refractivity contribution in [2.75, 3.05) is 6.61 Å². The average molecular weight is 331 g/mol. The van der Waals surface area contributed by atoms with Gasteiger partial charge in [-0.2, -0.15) is 5.10 Å². The predicted molar refractivity (Wildman–Crippen MR) is 93.3 cm³/mol. The number of nitrogens with zero attached hydrogens (tertiary/aromatic N) is 1. The first kappa shape index (κ1) is 17.0. The fourth-order valence-corrected chi connectivity index (χ4v) is 1.98.